The first kappa shape index (κ1) is 39.2. The lowest BCUT2D eigenvalue weighted by atomic mass is 9.87. The van der Waals surface area contributed by atoms with Crippen molar-refractivity contribution in [2.75, 3.05) is 26.9 Å². The quantitative estimate of drug-likeness (QED) is 0.151. The predicted octanol–water partition coefficient (Wildman–Crippen LogP) is 9.50. The zero-order valence-corrected chi connectivity index (χ0v) is 33.3. The molecule has 9 nitrogen and oxygen atoms in total. The second kappa shape index (κ2) is 16.9. The van der Waals surface area contributed by atoms with Gasteiger partial charge in [-0.3, -0.25) is 14.7 Å². The molecule has 3 aromatic rings. The van der Waals surface area contributed by atoms with Gasteiger partial charge in [-0.15, -0.1) is 0 Å². The lowest BCUT2D eigenvalue weighted by molar-refractivity contribution is -0.129. The first-order valence-electron chi connectivity index (χ1n) is 18.3. The number of aryl methyl sites for hydroxylation is 2. The highest BCUT2D eigenvalue weighted by atomic mass is 35.5. The fourth-order valence-corrected chi connectivity index (χ4v) is 8.07. The van der Waals surface area contributed by atoms with Gasteiger partial charge in [0.1, 0.15) is 24.6 Å². The number of pyridine rings is 1. The monoisotopic (exact) mass is 783 g/mol. The van der Waals surface area contributed by atoms with E-state index in [2.05, 4.69) is 4.98 Å². The predicted molar refractivity (Wildman–Crippen MR) is 208 cm³/mol. The van der Waals surface area contributed by atoms with Crippen molar-refractivity contribution in [3.63, 3.8) is 0 Å². The normalized spacial score (nSPS) is 18.3. The molecule has 1 saturated carbocycles. The van der Waals surface area contributed by atoms with Gasteiger partial charge in [-0.25, -0.2) is 4.79 Å². The molecule has 2 aromatic carbocycles. The Bertz CT molecular complexity index is 1820. The van der Waals surface area contributed by atoms with Gasteiger partial charge in [0, 0.05) is 49.8 Å². The summed E-state index contributed by atoms with van der Waals surface area (Å²) < 4.78 is 22.9. The number of hydrogen-bond donors (Lipinski definition) is 0. The van der Waals surface area contributed by atoms with Crippen LogP contribution in [0.3, 0.4) is 0 Å². The van der Waals surface area contributed by atoms with E-state index in [0.717, 1.165) is 60.1 Å². The number of ether oxygens (including phenoxy) is 4. The summed E-state index contributed by atoms with van der Waals surface area (Å²) in [4.78, 5) is 37.0. The van der Waals surface area contributed by atoms with Crippen molar-refractivity contribution in [1.29, 1.82) is 0 Å². The lowest BCUT2D eigenvalue weighted by Gasteiger charge is -2.39. The van der Waals surface area contributed by atoms with E-state index in [0.29, 0.717) is 58.1 Å². The number of aromatic nitrogens is 1. The number of fused-ring (bicyclic) bond motifs is 2. The number of hydrogen-bond acceptors (Lipinski definition) is 7. The van der Waals surface area contributed by atoms with Gasteiger partial charge in [-0.2, -0.15) is 0 Å². The Balaban J connectivity index is 1.26. The topological polar surface area (TPSA) is 90.4 Å². The van der Waals surface area contributed by atoms with Crippen molar-refractivity contribution < 1.29 is 28.5 Å². The van der Waals surface area contributed by atoms with Crippen LogP contribution in [0.25, 0.3) is 5.57 Å². The second-order valence-electron chi connectivity index (χ2n) is 15.0. The summed E-state index contributed by atoms with van der Waals surface area (Å²) in [7, 11) is 1.69. The van der Waals surface area contributed by atoms with E-state index in [9.17, 15) is 9.59 Å². The molecule has 2 amide bonds. The molecular weight excluding hydrogens is 737 g/mol. The third-order valence-electron chi connectivity index (χ3n) is 9.74. The minimum Gasteiger partial charge on any atom is -0.490 e. The Morgan fingerprint density at radius 3 is 2.28 bits per heavy atom. The zero-order chi connectivity index (χ0) is 37.9. The number of rotatable bonds is 14. The van der Waals surface area contributed by atoms with Crippen molar-refractivity contribution in [3.05, 3.63) is 91.7 Å². The maximum atomic E-state index is 15.0. The molecule has 2 fully saturated rings. The highest BCUT2D eigenvalue weighted by Crippen LogP contribution is 2.46. The zero-order valence-electron chi connectivity index (χ0n) is 31.1. The standard InChI is InChI=1S/C41H48Cl3N3O6/c1-25-19-33(42)38(34(43)20-25)52-18-17-51-31-13-8-26(9-14-31)32-22-30-12-15-36(47(30)40(49)53-41(2,3)4)37(32)39(48)46(29-10-11-29)24-27-21-28(7-6-16-50-5)45-23-35(27)44/h8-9,13-14,19-21,23,29-30,36H,6-7,10-12,15-18,22,24H2,1-5H3. The van der Waals surface area contributed by atoms with Crippen LogP contribution in [0, 0.1) is 6.92 Å². The number of carbonyl (C=O) groups excluding carboxylic acids is 2. The van der Waals surface area contributed by atoms with Gasteiger partial charge >= 0.3 is 6.09 Å². The third-order valence-corrected chi connectivity index (χ3v) is 10.6. The first-order valence-corrected chi connectivity index (χ1v) is 19.5. The van der Waals surface area contributed by atoms with E-state index in [1.807, 2.05) is 67.8 Å². The van der Waals surface area contributed by atoms with Crippen molar-refractivity contribution in [1.82, 2.24) is 14.8 Å². The molecule has 12 heteroatoms. The fraction of sp³-hybridized carbons (Fsp3) is 0.488. The molecule has 3 aliphatic rings. The Morgan fingerprint density at radius 2 is 1.62 bits per heavy atom. The van der Waals surface area contributed by atoms with E-state index in [1.54, 1.807) is 25.4 Å². The van der Waals surface area contributed by atoms with Crippen molar-refractivity contribution >= 4 is 52.4 Å². The summed E-state index contributed by atoms with van der Waals surface area (Å²) in [6, 6.07) is 13.0. The number of amides is 2. The molecule has 2 atom stereocenters. The maximum absolute atomic E-state index is 15.0. The molecule has 2 bridgehead atoms. The smallest absolute Gasteiger partial charge is 0.411 e. The number of benzene rings is 2. The van der Waals surface area contributed by atoms with E-state index in [-0.39, 0.29) is 37.3 Å². The van der Waals surface area contributed by atoms with Gasteiger partial charge in [0.2, 0.25) is 0 Å². The molecule has 0 radical (unpaired) electrons. The molecule has 2 unspecified atom stereocenters. The molecule has 1 aliphatic carbocycles. The van der Waals surface area contributed by atoms with Crippen LogP contribution in [-0.2, 0) is 27.2 Å². The van der Waals surface area contributed by atoms with Crippen LogP contribution in [0.15, 0.2) is 54.2 Å². The van der Waals surface area contributed by atoms with Gasteiger partial charge in [0.05, 0.1) is 21.1 Å². The number of methoxy groups -OCH3 is 1. The second-order valence-corrected chi connectivity index (χ2v) is 16.3. The summed E-state index contributed by atoms with van der Waals surface area (Å²) in [6.07, 6.45) is 6.72. The van der Waals surface area contributed by atoms with Crippen LogP contribution in [0.2, 0.25) is 15.1 Å². The van der Waals surface area contributed by atoms with Crippen molar-refractivity contribution in [2.24, 2.45) is 0 Å². The molecule has 0 N–H and O–H groups in total. The molecule has 0 spiro atoms. The van der Waals surface area contributed by atoms with Gasteiger partial charge in [-0.1, -0.05) is 46.9 Å². The highest BCUT2D eigenvalue weighted by Gasteiger charge is 2.49. The SMILES string of the molecule is COCCCc1cc(CN(C(=O)C2=C(c3ccc(OCCOc4c(Cl)cc(C)cc4Cl)cc3)CC3CCC2N3C(=O)OC(C)(C)C)C2CC2)c(Cl)cn1. The third kappa shape index (κ3) is 9.60. The number of nitrogens with zero attached hydrogens (tertiary/aromatic N) is 3. The van der Waals surface area contributed by atoms with Crippen LogP contribution < -0.4 is 9.47 Å². The van der Waals surface area contributed by atoms with E-state index in [4.69, 9.17) is 53.8 Å². The van der Waals surface area contributed by atoms with Crippen LogP contribution in [-0.4, -0.2) is 77.4 Å². The van der Waals surface area contributed by atoms with Gasteiger partial charge < -0.3 is 23.8 Å². The Labute approximate surface area is 327 Å². The average Bonchev–Trinajstić information content (AvgIpc) is 3.89. The van der Waals surface area contributed by atoms with Gasteiger partial charge in [-0.05, 0) is 125 Å². The van der Waals surface area contributed by atoms with Crippen LogP contribution in [0.5, 0.6) is 11.5 Å². The summed E-state index contributed by atoms with van der Waals surface area (Å²) in [5, 5.41) is 1.44. The molecule has 53 heavy (non-hydrogen) atoms. The number of halogens is 3. The minimum absolute atomic E-state index is 0.0684. The fourth-order valence-electron chi connectivity index (χ4n) is 7.21. The van der Waals surface area contributed by atoms with Crippen LogP contribution in [0.4, 0.5) is 4.79 Å². The highest BCUT2D eigenvalue weighted by molar-refractivity contribution is 6.37. The van der Waals surface area contributed by atoms with E-state index in [1.165, 1.54) is 0 Å². The molecule has 2 aliphatic heterocycles. The lowest BCUT2D eigenvalue weighted by Crippen LogP contribution is -2.50. The van der Waals surface area contributed by atoms with Gasteiger partial charge in [0.25, 0.3) is 5.91 Å². The Hall–Kier alpha value is -3.50. The largest absolute Gasteiger partial charge is 0.490 e. The number of carbonyl (C=O) groups is 2. The van der Waals surface area contributed by atoms with E-state index < -0.39 is 11.6 Å². The molecule has 284 valence electrons. The molecule has 6 rings (SSSR count). The Morgan fingerprint density at radius 1 is 0.925 bits per heavy atom. The van der Waals surface area contributed by atoms with E-state index >= 15 is 0 Å². The molecule has 1 aromatic heterocycles. The maximum Gasteiger partial charge on any atom is 0.411 e. The summed E-state index contributed by atoms with van der Waals surface area (Å²) in [5.41, 5.74) is 4.58. The minimum atomic E-state index is -0.663. The Kier molecular flexibility index (Phi) is 12.5. The van der Waals surface area contributed by atoms with Crippen LogP contribution >= 0.6 is 34.8 Å². The molecule has 3 heterocycles. The molecule has 1 saturated heterocycles. The van der Waals surface area contributed by atoms with Crippen LogP contribution in [0.1, 0.15) is 81.7 Å². The van der Waals surface area contributed by atoms with Gasteiger partial charge in [0.15, 0.2) is 5.75 Å². The summed E-state index contributed by atoms with van der Waals surface area (Å²) in [6.45, 7) is 9.04. The first-order chi connectivity index (χ1) is 25.3. The summed E-state index contributed by atoms with van der Waals surface area (Å²) >= 11 is 19.4. The molecular formula is C41H48Cl3N3O6. The van der Waals surface area contributed by atoms with Crippen molar-refractivity contribution in [2.45, 2.75) is 103 Å². The average molecular weight is 785 g/mol. The summed E-state index contributed by atoms with van der Waals surface area (Å²) in [5.74, 6) is 1.03. The van der Waals surface area contributed by atoms with Crippen molar-refractivity contribution in [3.8, 4) is 11.5 Å².